The minimum Gasteiger partial charge on any atom is -0.376 e. The summed E-state index contributed by atoms with van der Waals surface area (Å²) in [5, 5.41) is 3.02. The van der Waals surface area contributed by atoms with Crippen molar-refractivity contribution in [1.82, 2.24) is 5.32 Å². The van der Waals surface area contributed by atoms with Gasteiger partial charge in [-0.2, -0.15) is 11.8 Å². The molecule has 1 atom stereocenters. The molecule has 1 saturated heterocycles. The van der Waals surface area contributed by atoms with Crippen LogP contribution in [0.4, 0.5) is 0 Å². The monoisotopic (exact) mass is 297 g/mol. The Morgan fingerprint density at radius 2 is 2.32 bits per heavy atom. The maximum Gasteiger partial charge on any atom is 0.252 e. The van der Waals surface area contributed by atoms with Crippen LogP contribution in [0.2, 0.25) is 0 Å². The molecular weight excluding hydrogens is 278 g/mol. The molecule has 0 bridgehead atoms. The maximum atomic E-state index is 12.3. The first-order valence-electron chi connectivity index (χ1n) is 6.25. The highest BCUT2D eigenvalue weighted by molar-refractivity contribution is 7.99. The summed E-state index contributed by atoms with van der Waals surface area (Å²) in [6, 6.07) is 7.68. The second kappa shape index (κ2) is 6.68. The molecule has 1 aromatic rings. The van der Waals surface area contributed by atoms with Gasteiger partial charge in [0.05, 0.1) is 11.2 Å². The second-order valence-corrected chi connectivity index (χ2v) is 6.53. The van der Waals surface area contributed by atoms with Crippen molar-refractivity contribution < 1.29 is 9.53 Å². The van der Waals surface area contributed by atoms with Crippen LogP contribution in [0.1, 0.15) is 16.8 Å². The van der Waals surface area contributed by atoms with Crippen molar-refractivity contribution in [2.75, 3.05) is 31.4 Å². The van der Waals surface area contributed by atoms with Crippen molar-refractivity contribution >= 4 is 29.4 Å². The summed E-state index contributed by atoms with van der Waals surface area (Å²) in [5.41, 5.74) is 0.557. The second-order valence-electron chi connectivity index (χ2n) is 4.57. The highest BCUT2D eigenvalue weighted by atomic mass is 32.2. The van der Waals surface area contributed by atoms with E-state index < -0.39 is 0 Å². The van der Waals surface area contributed by atoms with Crippen LogP contribution in [0.15, 0.2) is 29.2 Å². The SMILES string of the molecule is CO[C@@]1(CNC(=O)c2ccccc2SC)CCSC1. The molecule has 0 unspecified atom stereocenters. The molecule has 104 valence electrons. The molecule has 1 heterocycles. The minimum absolute atomic E-state index is 0.0155. The van der Waals surface area contributed by atoms with E-state index in [1.165, 1.54) is 0 Å². The zero-order chi connectivity index (χ0) is 13.7. The molecular formula is C14H19NO2S2. The summed E-state index contributed by atoms with van der Waals surface area (Å²) in [4.78, 5) is 13.3. The molecule has 5 heteroatoms. The van der Waals surface area contributed by atoms with Gasteiger partial charge in [-0.05, 0) is 30.6 Å². The van der Waals surface area contributed by atoms with Gasteiger partial charge in [0.15, 0.2) is 0 Å². The van der Waals surface area contributed by atoms with Gasteiger partial charge in [0.1, 0.15) is 0 Å². The Kier molecular flexibility index (Phi) is 5.19. The van der Waals surface area contributed by atoms with Crippen LogP contribution in [0.25, 0.3) is 0 Å². The number of rotatable bonds is 5. The third-order valence-corrected chi connectivity index (χ3v) is 5.44. The van der Waals surface area contributed by atoms with Gasteiger partial charge in [-0.15, -0.1) is 11.8 Å². The molecule has 1 N–H and O–H groups in total. The first-order valence-corrected chi connectivity index (χ1v) is 8.63. The summed E-state index contributed by atoms with van der Waals surface area (Å²) in [5.74, 6) is 2.04. The van der Waals surface area contributed by atoms with Gasteiger partial charge in [-0.3, -0.25) is 4.79 Å². The average Bonchev–Trinajstić information content (AvgIpc) is 2.94. The molecule has 19 heavy (non-hydrogen) atoms. The van der Waals surface area contributed by atoms with Crippen molar-refractivity contribution in [2.45, 2.75) is 16.9 Å². The van der Waals surface area contributed by atoms with Crippen LogP contribution in [0, 0.1) is 0 Å². The molecule has 1 aliphatic heterocycles. The first-order chi connectivity index (χ1) is 9.21. The highest BCUT2D eigenvalue weighted by Crippen LogP contribution is 2.30. The van der Waals surface area contributed by atoms with Crippen molar-refractivity contribution in [3.63, 3.8) is 0 Å². The van der Waals surface area contributed by atoms with Crippen molar-refractivity contribution in [3.8, 4) is 0 Å². The van der Waals surface area contributed by atoms with Gasteiger partial charge in [-0.25, -0.2) is 0 Å². The Hall–Kier alpha value is -0.650. The molecule has 1 amide bonds. The first kappa shape index (κ1) is 14.8. The number of hydrogen-bond donors (Lipinski definition) is 1. The highest BCUT2D eigenvalue weighted by Gasteiger charge is 2.34. The lowest BCUT2D eigenvalue weighted by Crippen LogP contribution is -2.44. The quantitative estimate of drug-likeness (QED) is 0.848. The van der Waals surface area contributed by atoms with E-state index in [2.05, 4.69) is 5.32 Å². The van der Waals surface area contributed by atoms with E-state index in [-0.39, 0.29) is 11.5 Å². The molecule has 3 nitrogen and oxygen atoms in total. The lowest BCUT2D eigenvalue weighted by molar-refractivity contribution is 0.0137. The fourth-order valence-electron chi connectivity index (χ4n) is 2.13. The number of hydrogen-bond acceptors (Lipinski definition) is 4. The van der Waals surface area contributed by atoms with Crippen molar-refractivity contribution in [2.24, 2.45) is 0 Å². The van der Waals surface area contributed by atoms with Gasteiger partial charge in [0, 0.05) is 24.3 Å². The molecule has 0 aromatic heterocycles. The summed E-state index contributed by atoms with van der Waals surface area (Å²) < 4.78 is 5.60. The Morgan fingerprint density at radius 1 is 1.53 bits per heavy atom. The number of carbonyl (C=O) groups is 1. The zero-order valence-electron chi connectivity index (χ0n) is 11.3. The number of amides is 1. The van der Waals surface area contributed by atoms with Gasteiger partial charge < -0.3 is 10.1 Å². The summed E-state index contributed by atoms with van der Waals surface area (Å²) in [7, 11) is 1.73. The van der Waals surface area contributed by atoms with Crippen LogP contribution >= 0.6 is 23.5 Å². The predicted molar refractivity (Wildman–Crippen MR) is 82.2 cm³/mol. The molecule has 1 aromatic carbocycles. The number of benzene rings is 1. The molecule has 1 aliphatic rings. The van der Waals surface area contributed by atoms with Gasteiger partial charge >= 0.3 is 0 Å². The van der Waals surface area contributed by atoms with E-state index in [0.29, 0.717) is 6.54 Å². The molecule has 0 radical (unpaired) electrons. The number of thioether (sulfide) groups is 2. The largest absolute Gasteiger partial charge is 0.376 e. The van der Waals surface area contributed by atoms with Gasteiger partial charge in [-0.1, -0.05) is 12.1 Å². The van der Waals surface area contributed by atoms with Crippen molar-refractivity contribution in [1.29, 1.82) is 0 Å². The van der Waals surface area contributed by atoms with Gasteiger partial charge in [0.25, 0.3) is 5.91 Å². The summed E-state index contributed by atoms with van der Waals surface area (Å²) in [6.45, 7) is 0.581. The molecule has 0 saturated carbocycles. The number of nitrogens with one attached hydrogen (secondary N) is 1. The van der Waals surface area contributed by atoms with Crippen LogP contribution in [0.5, 0.6) is 0 Å². The summed E-state index contributed by atoms with van der Waals surface area (Å²) in [6.07, 6.45) is 2.98. The summed E-state index contributed by atoms with van der Waals surface area (Å²) >= 11 is 3.47. The van der Waals surface area contributed by atoms with Crippen molar-refractivity contribution in [3.05, 3.63) is 29.8 Å². The predicted octanol–water partition coefficient (Wildman–Crippen LogP) is 2.66. The lowest BCUT2D eigenvalue weighted by atomic mass is 10.0. The van der Waals surface area contributed by atoms with Gasteiger partial charge in [0.2, 0.25) is 0 Å². The van der Waals surface area contributed by atoms with E-state index >= 15 is 0 Å². The average molecular weight is 297 g/mol. The third kappa shape index (κ3) is 3.46. The topological polar surface area (TPSA) is 38.3 Å². The standard InChI is InChI=1S/C14H19NO2S2/c1-17-14(7-8-19-10-14)9-15-13(16)11-5-3-4-6-12(11)18-2/h3-6H,7-10H2,1-2H3,(H,15,16)/t14-/m1/s1. The molecule has 2 rings (SSSR count). The van der Waals surface area contributed by atoms with E-state index in [9.17, 15) is 4.79 Å². The van der Waals surface area contributed by atoms with Crippen LogP contribution in [-0.4, -0.2) is 42.9 Å². The van der Waals surface area contributed by atoms with Crippen LogP contribution in [-0.2, 0) is 4.74 Å². The normalized spacial score (nSPS) is 22.4. The number of methoxy groups -OCH3 is 1. The minimum atomic E-state index is -0.186. The molecule has 0 spiro atoms. The number of carbonyl (C=O) groups excluding carboxylic acids is 1. The Labute approximate surface area is 122 Å². The van der Waals surface area contributed by atoms with Crippen LogP contribution < -0.4 is 5.32 Å². The van der Waals surface area contributed by atoms with E-state index in [1.807, 2.05) is 42.3 Å². The molecule has 0 aliphatic carbocycles. The lowest BCUT2D eigenvalue weighted by Gasteiger charge is -2.26. The third-order valence-electron chi connectivity index (χ3n) is 3.42. The Bertz CT molecular complexity index is 445. The zero-order valence-corrected chi connectivity index (χ0v) is 12.9. The fourth-order valence-corrected chi connectivity index (χ4v) is 4.12. The molecule has 1 fully saturated rings. The number of ether oxygens (including phenoxy) is 1. The van der Waals surface area contributed by atoms with Crippen LogP contribution in [0.3, 0.4) is 0 Å². The Balaban J connectivity index is 2.01. The Morgan fingerprint density at radius 3 is 2.95 bits per heavy atom. The fraction of sp³-hybridized carbons (Fsp3) is 0.500. The smallest absolute Gasteiger partial charge is 0.252 e. The van der Waals surface area contributed by atoms with E-state index in [1.54, 1.807) is 18.9 Å². The van der Waals surface area contributed by atoms with E-state index in [0.717, 1.165) is 28.4 Å². The maximum absolute atomic E-state index is 12.3. The van der Waals surface area contributed by atoms with E-state index in [4.69, 9.17) is 4.74 Å².